The summed E-state index contributed by atoms with van der Waals surface area (Å²) in [6.07, 6.45) is 6.61. The molecule has 4 heteroatoms. The largest absolute Gasteiger partial charge is 0.310 e. The third kappa shape index (κ3) is 4.24. The normalized spacial score (nSPS) is 24.2. The van der Waals surface area contributed by atoms with Gasteiger partial charge in [0.1, 0.15) is 0 Å². The Labute approximate surface area is 86.5 Å². The van der Waals surface area contributed by atoms with Crippen molar-refractivity contribution in [1.29, 1.82) is 0 Å². The van der Waals surface area contributed by atoms with Crippen LogP contribution in [0.4, 0.5) is 0 Å². The van der Waals surface area contributed by atoms with Crippen LogP contribution in [0, 0.1) is 0 Å². The molecule has 82 valence electrons. The van der Waals surface area contributed by atoms with Gasteiger partial charge in [-0.3, -0.25) is 0 Å². The molecule has 0 amide bonds. The van der Waals surface area contributed by atoms with Crippen LogP contribution >= 0.6 is 0 Å². The molecule has 1 aliphatic rings. The lowest BCUT2D eigenvalue weighted by Gasteiger charge is -2.08. The third-order valence-electron chi connectivity index (χ3n) is 2.37. The summed E-state index contributed by atoms with van der Waals surface area (Å²) in [5.74, 6) is 0.237. The van der Waals surface area contributed by atoms with E-state index in [0.29, 0.717) is 0 Å². The number of hydrogen-bond donors (Lipinski definition) is 1. The molecule has 3 nitrogen and oxygen atoms in total. The Balaban J connectivity index is 2.07. The number of sulfone groups is 1. The minimum Gasteiger partial charge on any atom is -0.310 e. The molecular weight excluding hydrogens is 198 g/mol. The van der Waals surface area contributed by atoms with Crippen LogP contribution in [0.15, 0.2) is 11.5 Å². The Morgan fingerprint density at radius 3 is 2.71 bits per heavy atom. The molecule has 1 N–H and O–H groups in total. The van der Waals surface area contributed by atoms with Crippen molar-refractivity contribution in [2.24, 2.45) is 0 Å². The Hall–Kier alpha value is -0.350. The number of nitrogens with one attached hydrogen (secondary N) is 1. The number of rotatable bonds is 6. The van der Waals surface area contributed by atoms with E-state index in [1.54, 1.807) is 6.08 Å². The van der Waals surface area contributed by atoms with E-state index in [-0.39, 0.29) is 11.8 Å². The van der Waals surface area contributed by atoms with Gasteiger partial charge in [-0.05, 0) is 13.0 Å². The summed E-state index contributed by atoms with van der Waals surface area (Å²) in [5.41, 5.74) is 0. The van der Waals surface area contributed by atoms with Gasteiger partial charge in [-0.25, -0.2) is 8.42 Å². The molecule has 1 rings (SSSR count). The van der Waals surface area contributed by atoms with E-state index < -0.39 is 9.84 Å². The van der Waals surface area contributed by atoms with Crippen LogP contribution in [0.1, 0.15) is 32.6 Å². The van der Waals surface area contributed by atoms with Gasteiger partial charge in [-0.15, -0.1) is 0 Å². The maximum absolute atomic E-state index is 11.0. The first-order valence-electron chi connectivity index (χ1n) is 5.28. The molecule has 0 saturated carbocycles. The van der Waals surface area contributed by atoms with Gasteiger partial charge < -0.3 is 5.32 Å². The van der Waals surface area contributed by atoms with E-state index in [0.717, 1.165) is 13.0 Å². The second-order valence-electron chi connectivity index (χ2n) is 3.78. The molecule has 0 aromatic carbocycles. The fourth-order valence-electron chi connectivity index (χ4n) is 1.54. The van der Waals surface area contributed by atoms with Crippen molar-refractivity contribution in [3.05, 3.63) is 11.5 Å². The summed E-state index contributed by atoms with van der Waals surface area (Å²) in [5, 5.41) is 4.55. The molecular formula is C10H19NO2S. The number of unbranched alkanes of at least 4 members (excludes halogenated alkanes) is 3. The molecule has 1 atom stereocenters. The Morgan fingerprint density at radius 1 is 1.36 bits per heavy atom. The van der Waals surface area contributed by atoms with Crippen LogP contribution in [0.5, 0.6) is 0 Å². The van der Waals surface area contributed by atoms with Crippen molar-refractivity contribution in [1.82, 2.24) is 5.32 Å². The topological polar surface area (TPSA) is 46.2 Å². The first kappa shape index (κ1) is 11.7. The monoisotopic (exact) mass is 217 g/mol. The molecule has 14 heavy (non-hydrogen) atoms. The first-order chi connectivity index (χ1) is 6.64. The highest BCUT2D eigenvalue weighted by Crippen LogP contribution is 2.07. The van der Waals surface area contributed by atoms with Crippen LogP contribution in [0.2, 0.25) is 0 Å². The van der Waals surface area contributed by atoms with E-state index in [1.807, 2.05) is 0 Å². The lowest BCUT2D eigenvalue weighted by atomic mass is 10.2. The van der Waals surface area contributed by atoms with Gasteiger partial charge in [0.25, 0.3) is 0 Å². The van der Waals surface area contributed by atoms with Crippen molar-refractivity contribution in [2.45, 2.75) is 38.6 Å². The highest BCUT2D eigenvalue weighted by molar-refractivity contribution is 7.94. The summed E-state index contributed by atoms with van der Waals surface area (Å²) in [4.78, 5) is 0. The maximum Gasteiger partial charge on any atom is 0.173 e. The fourth-order valence-corrected chi connectivity index (χ4v) is 2.81. The van der Waals surface area contributed by atoms with Gasteiger partial charge in [0, 0.05) is 11.4 Å². The lowest BCUT2D eigenvalue weighted by Crippen LogP contribution is -2.30. The van der Waals surface area contributed by atoms with Crippen molar-refractivity contribution in [2.75, 3.05) is 12.3 Å². The van der Waals surface area contributed by atoms with Crippen LogP contribution in [0.25, 0.3) is 0 Å². The zero-order valence-electron chi connectivity index (χ0n) is 8.70. The first-order valence-corrected chi connectivity index (χ1v) is 7.00. The van der Waals surface area contributed by atoms with E-state index in [4.69, 9.17) is 0 Å². The van der Waals surface area contributed by atoms with Gasteiger partial charge in [0.2, 0.25) is 0 Å². The molecule has 1 unspecified atom stereocenters. The number of hydrogen-bond acceptors (Lipinski definition) is 3. The van der Waals surface area contributed by atoms with Crippen molar-refractivity contribution in [3.8, 4) is 0 Å². The average Bonchev–Trinajstić information content (AvgIpc) is 2.45. The predicted octanol–water partition coefficient (Wildman–Crippen LogP) is 1.47. The molecule has 0 spiro atoms. The highest BCUT2D eigenvalue weighted by atomic mass is 32.2. The van der Waals surface area contributed by atoms with E-state index in [2.05, 4.69) is 12.2 Å². The Bertz CT molecular complexity index is 282. The van der Waals surface area contributed by atoms with Crippen LogP contribution in [-0.4, -0.2) is 26.8 Å². The zero-order valence-corrected chi connectivity index (χ0v) is 9.52. The molecule has 0 aromatic heterocycles. The molecule has 0 aromatic rings. The van der Waals surface area contributed by atoms with Gasteiger partial charge in [0.05, 0.1) is 5.75 Å². The summed E-state index contributed by atoms with van der Waals surface area (Å²) in [6.45, 7) is 3.10. The molecule has 0 saturated heterocycles. The molecule has 0 fully saturated rings. The summed E-state index contributed by atoms with van der Waals surface area (Å²) in [6, 6.07) is 0.0432. The van der Waals surface area contributed by atoms with Gasteiger partial charge >= 0.3 is 0 Å². The summed E-state index contributed by atoms with van der Waals surface area (Å²) in [7, 11) is -2.89. The van der Waals surface area contributed by atoms with E-state index in [9.17, 15) is 8.42 Å². The molecule has 1 heterocycles. The van der Waals surface area contributed by atoms with E-state index in [1.165, 1.54) is 24.7 Å². The summed E-state index contributed by atoms with van der Waals surface area (Å²) >= 11 is 0. The Morgan fingerprint density at radius 2 is 2.14 bits per heavy atom. The maximum atomic E-state index is 11.0. The molecule has 1 aliphatic heterocycles. The second-order valence-corrected chi connectivity index (χ2v) is 5.71. The fraction of sp³-hybridized carbons (Fsp3) is 0.800. The van der Waals surface area contributed by atoms with Crippen LogP contribution in [-0.2, 0) is 9.84 Å². The van der Waals surface area contributed by atoms with Gasteiger partial charge in [-0.2, -0.15) is 0 Å². The minimum absolute atomic E-state index is 0.0432. The quantitative estimate of drug-likeness (QED) is 0.685. The third-order valence-corrected chi connectivity index (χ3v) is 3.76. The average molecular weight is 217 g/mol. The summed E-state index contributed by atoms with van der Waals surface area (Å²) < 4.78 is 22.1. The van der Waals surface area contributed by atoms with Crippen molar-refractivity contribution >= 4 is 9.84 Å². The lowest BCUT2D eigenvalue weighted by molar-refractivity contribution is 0.565. The highest BCUT2D eigenvalue weighted by Gasteiger charge is 2.20. The van der Waals surface area contributed by atoms with Gasteiger partial charge in [0.15, 0.2) is 9.84 Å². The zero-order chi connectivity index (χ0) is 10.4. The molecule has 0 radical (unpaired) electrons. The second kappa shape index (κ2) is 5.51. The molecule has 0 bridgehead atoms. The predicted molar refractivity (Wildman–Crippen MR) is 58.9 cm³/mol. The standard InChI is InChI=1S/C10H19NO2S/c1-2-3-4-5-7-11-10-6-8-14(12,13)9-10/h6,8,10-11H,2-5,7,9H2,1H3. The SMILES string of the molecule is CCCCCCNC1C=CS(=O)(=O)C1. The van der Waals surface area contributed by atoms with E-state index >= 15 is 0 Å². The van der Waals surface area contributed by atoms with Crippen molar-refractivity contribution < 1.29 is 8.42 Å². The van der Waals surface area contributed by atoms with Gasteiger partial charge in [-0.1, -0.05) is 32.3 Å². The molecule has 0 aliphatic carbocycles. The van der Waals surface area contributed by atoms with Crippen LogP contribution < -0.4 is 5.32 Å². The minimum atomic E-state index is -2.89. The van der Waals surface area contributed by atoms with Crippen LogP contribution in [0.3, 0.4) is 0 Å². The Kier molecular flexibility index (Phi) is 4.62. The van der Waals surface area contributed by atoms with Crippen molar-refractivity contribution in [3.63, 3.8) is 0 Å². The smallest absolute Gasteiger partial charge is 0.173 e.